The lowest BCUT2D eigenvalue weighted by atomic mass is 10.1. The Labute approximate surface area is 190 Å². The van der Waals surface area contributed by atoms with Gasteiger partial charge in [-0.2, -0.15) is 5.26 Å². The summed E-state index contributed by atoms with van der Waals surface area (Å²) in [5.74, 6) is -0.154. The van der Waals surface area contributed by atoms with Crippen LogP contribution in [0, 0.1) is 25.0 Å². The summed E-state index contributed by atoms with van der Waals surface area (Å²) in [5.41, 5.74) is 5.62. The molecule has 0 atom stereocenters. The molecule has 0 aromatic heterocycles. The average molecular weight is 536 g/mol. The minimum atomic E-state index is -1.07. The third-order valence-corrected chi connectivity index (χ3v) is 4.55. The lowest BCUT2D eigenvalue weighted by molar-refractivity contribution is -0.384. The van der Waals surface area contributed by atoms with Gasteiger partial charge >= 0.3 is 6.03 Å². The summed E-state index contributed by atoms with van der Waals surface area (Å²) in [6.45, 7) is 2.17. The second-order valence-electron chi connectivity index (χ2n) is 5.97. The van der Waals surface area contributed by atoms with Crippen LogP contribution in [0.25, 0.3) is 6.08 Å². The van der Waals surface area contributed by atoms with Crippen molar-refractivity contribution in [3.63, 3.8) is 0 Å². The van der Waals surface area contributed by atoms with Crippen LogP contribution in [0.4, 0.5) is 10.5 Å². The van der Waals surface area contributed by atoms with E-state index in [9.17, 15) is 25.0 Å². The summed E-state index contributed by atoms with van der Waals surface area (Å²) in [4.78, 5) is 33.2. The van der Waals surface area contributed by atoms with Gasteiger partial charge in [0.05, 0.1) is 15.1 Å². The number of amides is 3. The Kier molecular flexibility index (Phi) is 8.33. The first-order valence-electron chi connectivity index (χ1n) is 8.80. The van der Waals surface area contributed by atoms with E-state index in [4.69, 9.17) is 15.2 Å². The molecule has 0 spiro atoms. The maximum absolute atomic E-state index is 11.9. The highest BCUT2D eigenvalue weighted by atomic mass is 127. The Morgan fingerprint density at radius 1 is 1.32 bits per heavy atom. The number of hydrogen-bond acceptors (Lipinski definition) is 7. The van der Waals surface area contributed by atoms with Crippen LogP contribution in [-0.2, 0) is 11.4 Å². The summed E-state index contributed by atoms with van der Waals surface area (Å²) in [6, 6.07) is 9.95. The van der Waals surface area contributed by atoms with Gasteiger partial charge in [0.1, 0.15) is 18.2 Å². The highest BCUT2D eigenvalue weighted by molar-refractivity contribution is 14.1. The molecule has 3 amide bonds. The molecule has 2 aromatic carbocycles. The predicted octanol–water partition coefficient (Wildman–Crippen LogP) is 3.28. The Hall–Kier alpha value is -3.66. The number of primary amides is 1. The summed E-state index contributed by atoms with van der Waals surface area (Å²) in [6.07, 6.45) is 1.29. The molecular formula is C20H17IN4O6. The number of nitro groups is 1. The van der Waals surface area contributed by atoms with E-state index in [0.717, 1.165) is 0 Å². The minimum Gasteiger partial charge on any atom is -0.490 e. The standard InChI is InChI=1S/C20H17IN4O6/c1-2-30-17-9-13(6-14(10-22)19(26)24-20(23)27)8-16(21)18(17)31-11-12-4-3-5-15(7-12)25(28)29/h3-9H,2,11H2,1H3,(H3,23,24,26,27)/b14-6-. The first-order valence-corrected chi connectivity index (χ1v) is 9.88. The van der Waals surface area contributed by atoms with E-state index in [1.54, 1.807) is 37.3 Å². The van der Waals surface area contributed by atoms with Crippen molar-refractivity contribution < 1.29 is 24.0 Å². The number of ether oxygens (including phenoxy) is 2. The molecule has 0 radical (unpaired) electrons. The highest BCUT2D eigenvalue weighted by Crippen LogP contribution is 2.35. The number of nitrogens with zero attached hydrogens (tertiary/aromatic N) is 2. The van der Waals surface area contributed by atoms with E-state index in [1.807, 2.05) is 27.9 Å². The van der Waals surface area contributed by atoms with Crippen molar-refractivity contribution in [3.05, 3.63) is 66.8 Å². The molecule has 0 unspecified atom stereocenters. The summed E-state index contributed by atoms with van der Waals surface area (Å²) in [5, 5.41) is 22.0. The van der Waals surface area contributed by atoms with E-state index >= 15 is 0 Å². The predicted molar refractivity (Wildman–Crippen MR) is 119 cm³/mol. The second kappa shape index (κ2) is 10.9. The Balaban J connectivity index is 2.33. The monoisotopic (exact) mass is 536 g/mol. The van der Waals surface area contributed by atoms with E-state index < -0.39 is 16.9 Å². The van der Waals surface area contributed by atoms with Gasteiger partial charge in [0.25, 0.3) is 11.6 Å². The van der Waals surface area contributed by atoms with Crippen molar-refractivity contribution in [2.75, 3.05) is 6.61 Å². The van der Waals surface area contributed by atoms with E-state index in [0.29, 0.717) is 32.8 Å². The van der Waals surface area contributed by atoms with Crippen molar-refractivity contribution in [1.82, 2.24) is 5.32 Å². The topological polar surface area (TPSA) is 158 Å². The number of carbonyl (C=O) groups is 2. The van der Waals surface area contributed by atoms with Gasteiger partial charge in [0.2, 0.25) is 0 Å². The maximum Gasteiger partial charge on any atom is 0.319 e. The zero-order chi connectivity index (χ0) is 23.0. The van der Waals surface area contributed by atoms with E-state index in [-0.39, 0.29) is 17.9 Å². The molecule has 0 bridgehead atoms. The van der Waals surface area contributed by atoms with Crippen molar-refractivity contribution in [3.8, 4) is 17.6 Å². The molecule has 0 saturated heterocycles. The van der Waals surface area contributed by atoms with Gasteiger partial charge in [-0.1, -0.05) is 12.1 Å². The Bertz CT molecular complexity index is 1090. The zero-order valence-corrected chi connectivity index (χ0v) is 18.4. The normalized spacial score (nSPS) is 10.7. The second-order valence-corrected chi connectivity index (χ2v) is 7.13. The van der Waals surface area contributed by atoms with Gasteiger partial charge < -0.3 is 15.2 Å². The lowest BCUT2D eigenvalue weighted by Crippen LogP contribution is -2.35. The van der Waals surface area contributed by atoms with Crippen LogP contribution in [0.15, 0.2) is 42.0 Å². The summed E-state index contributed by atoms with van der Waals surface area (Å²) < 4.78 is 12.1. The van der Waals surface area contributed by atoms with Crippen LogP contribution >= 0.6 is 22.6 Å². The Morgan fingerprint density at radius 2 is 2.06 bits per heavy atom. The molecular weight excluding hydrogens is 519 g/mol. The molecule has 11 heteroatoms. The summed E-state index contributed by atoms with van der Waals surface area (Å²) >= 11 is 2.01. The largest absolute Gasteiger partial charge is 0.490 e. The van der Waals surface area contributed by atoms with Crippen molar-refractivity contribution >= 4 is 46.3 Å². The van der Waals surface area contributed by atoms with Gasteiger partial charge in [-0.15, -0.1) is 0 Å². The number of nitriles is 1. The first kappa shape index (κ1) is 23.6. The minimum absolute atomic E-state index is 0.0421. The molecule has 0 heterocycles. The number of rotatable bonds is 8. The Morgan fingerprint density at radius 3 is 2.68 bits per heavy atom. The van der Waals surface area contributed by atoms with Crippen molar-refractivity contribution in [2.24, 2.45) is 5.73 Å². The van der Waals surface area contributed by atoms with Crippen molar-refractivity contribution in [2.45, 2.75) is 13.5 Å². The molecule has 31 heavy (non-hydrogen) atoms. The average Bonchev–Trinajstić information content (AvgIpc) is 2.71. The number of nitro benzene ring substituents is 1. The fraction of sp³-hybridized carbons (Fsp3) is 0.150. The van der Waals surface area contributed by atoms with Gasteiger partial charge in [0, 0.05) is 12.1 Å². The zero-order valence-electron chi connectivity index (χ0n) is 16.3. The van der Waals surface area contributed by atoms with Gasteiger partial charge in [-0.3, -0.25) is 20.2 Å². The molecule has 0 fully saturated rings. The van der Waals surface area contributed by atoms with Gasteiger partial charge in [-0.05, 0) is 58.9 Å². The number of nitrogens with one attached hydrogen (secondary N) is 1. The number of carbonyl (C=O) groups excluding carboxylic acids is 2. The van der Waals surface area contributed by atoms with Gasteiger partial charge in [-0.25, -0.2) is 4.79 Å². The number of benzene rings is 2. The van der Waals surface area contributed by atoms with Crippen LogP contribution < -0.4 is 20.5 Å². The van der Waals surface area contributed by atoms with Gasteiger partial charge in [0.15, 0.2) is 11.5 Å². The lowest BCUT2D eigenvalue weighted by Gasteiger charge is -2.15. The number of imide groups is 1. The number of halogens is 1. The van der Waals surface area contributed by atoms with Crippen LogP contribution in [0.1, 0.15) is 18.1 Å². The molecule has 3 N–H and O–H groups in total. The molecule has 10 nitrogen and oxygen atoms in total. The number of nitrogens with two attached hydrogens (primary N) is 1. The quantitative estimate of drug-likeness (QED) is 0.172. The third kappa shape index (κ3) is 6.68. The molecule has 2 rings (SSSR count). The van der Waals surface area contributed by atoms with Crippen LogP contribution in [0.3, 0.4) is 0 Å². The number of urea groups is 1. The number of non-ortho nitro benzene ring substituents is 1. The molecule has 2 aromatic rings. The molecule has 0 aliphatic rings. The third-order valence-electron chi connectivity index (χ3n) is 3.75. The molecule has 0 saturated carbocycles. The molecule has 0 aliphatic heterocycles. The van der Waals surface area contributed by atoms with E-state index in [1.165, 1.54) is 18.2 Å². The van der Waals surface area contributed by atoms with E-state index in [2.05, 4.69) is 0 Å². The van der Waals surface area contributed by atoms with Crippen LogP contribution in [-0.4, -0.2) is 23.5 Å². The van der Waals surface area contributed by atoms with Crippen molar-refractivity contribution in [1.29, 1.82) is 5.26 Å². The van der Waals surface area contributed by atoms with Crippen LogP contribution in [0.5, 0.6) is 11.5 Å². The maximum atomic E-state index is 11.9. The smallest absolute Gasteiger partial charge is 0.319 e. The fourth-order valence-electron chi connectivity index (χ4n) is 2.48. The highest BCUT2D eigenvalue weighted by Gasteiger charge is 2.16. The first-order chi connectivity index (χ1) is 14.7. The number of hydrogen-bond donors (Lipinski definition) is 2. The molecule has 0 aliphatic carbocycles. The molecule has 160 valence electrons. The SMILES string of the molecule is CCOc1cc(/C=C(/C#N)C(=O)NC(N)=O)cc(I)c1OCc1cccc([N+](=O)[O-])c1. The summed E-state index contributed by atoms with van der Waals surface area (Å²) in [7, 11) is 0. The van der Waals surface area contributed by atoms with Crippen LogP contribution in [0.2, 0.25) is 0 Å². The fourth-order valence-corrected chi connectivity index (χ4v) is 3.27.